The highest BCUT2D eigenvalue weighted by molar-refractivity contribution is 5.94. The van der Waals surface area contributed by atoms with Gasteiger partial charge in [-0.15, -0.1) is 0 Å². The van der Waals surface area contributed by atoms with Gasteiger partial charge in [-0.1, -0.05) is 12.1 Å². The smallest absolute Gasteiger partial charge is 0.251 e. The van der Waals surface area contributed by atoms with Gasteiger partial charge in [0.15, 0.2) is 0 Å². The van der Waals surface area contributed by atoms with Crippen LogP contribution in [0.2, 0.25) is 0 Å². The van der Waals surface area contributed by atoms with Gasteiger partial charge in [-0.25, -0.2) is 4.98 Å². The third-order valence-electron chi connectivity index (χ3n) is 2.61. The number of aromatic nitrogens is 3. The molecule has 0 saturated heterocycles. The highest BCUT2D eigenvalue weighted by Gasteiger charge is 2.06. The van der Waals surface area contributed by atoms with E-state index in [1.807, 2.05) is 18.2 Å². The summed E-state index contributed by atoms with van der Waals surface area (Å²) in [5.74, 6) is 0.658. The number of amides is 1. The maximum atomic E-state index is 11.9. The van der Waals surface area contributed by atoms with Crippen molar-refractivity contribution in [3.8, 4) is 0 Å². The first-order chi connectivity index (χ1) is 9.29. The second-order valence-electron chi connectivity index (χ2n) is 4.07. The van der Waals surface area contributed by atoms with Crippen molar-refractivity contribution in [2.24, 2.45) is 0 Å². The molecule has 2 N–H and O–H groups in total. The summed E-state index contributed by atoms with van der Waals surface area (Å²) in [4.78, 5) is 15.9. The Morgan fingerprint density at radius 1 is 1.47 bits per heavy atom. The first-order valence-electron chi connectivity index (χ1n) is 6.00. The maximum absolute atomic E-state index is 11.9. The highest BCUT2D eigenvalue weighted by Crippen LogP contribution is 2.06. The number of methoxy groups -OCH3 is 1. The van der Waals surface area contributed by atoms with Crippen LogP contribution >= 0.6 is 0 Å². The van der Waals surface area contributed by atoms with Crippen LogP contribution in [0.3, 0.4) is 0 Å². The normalized spacial score (nSPS) is 10.4. The van der Waals surface area contributed by atoms with E-state index in [1.165, 1.54) is 6.33 Å². The minimum absolute atomic E-state index is 0.0996. The number of nitrogens with one attached hydrogen (secondary N) is 2. The molecule has 2 aromatic rings. The molecule has 0 bridgehead atoms. The number of nitrogens with zero attached hydrogens (tertiary/aromatic N) is 2. The van der Waals surface area contributed by atoms with Crippen LogP contribution in [0.15, 0.2) is 30.6 Å². The van der Waals surface area contributed by atoms with Gasteiger partial charge in [0.1, 0.15) is 12.2 Å². The van der Waals surface area contributed by atoms with E-state index in [4.69, 9.17) is 4.74 Å². The Bertz CT molecular complexity index is 525. The summed E-state index contributed by atoms with van der Waals surface area (Å²) in [5.41, 5.74) is 1.61. The fraction of sp³-hybridized carbons (Fsp3) is 0.308. The van der Waals surface area contributed by atoms with Gasteiger partial charge in [-0.2, -0.15) is 5.10 Å². The van der Waals surface area contributed by atoms with E-state index >= 15 is 0 Å². The zero-order valence-electron chi connectivity index (χ0n) is 10.7. The summed E-state index contributed by atoms with van der Waals surface area (Å²) in [6.45, 7) is 1.02. The van der Waals surface area contributed by atoms with Crippen molar-refractivity contribution in [3.05, 3.63) is 47.5 Å². The maximum Gasteiger partial charge on any atom is 0.251 e. The van der Waals surface area contributed by atoms with E-state index in [1.54, 1.807) is 13.2 Å². The van der Waals surface area contributed by atoms with Crippen LogP contribution in [0.1, 0.15) is 21.7 Å². The molecule has 0 unspecified atom stereocenters. The fourth-order valence-corrected chi connectivity index (χ4v) is 1.72. The summed E-state index contributed by atoms with van der Waals surface area (Å²) in [7, 11) is 1.63. The zero-order valence-corrected chi connectivity index (χ0v) is 10.7. The predicted octanol–water partition coefficient (Wildman–Crippen LogP) is 0.924. The Labute approximate surface area is 111 Å². The molecule has 19 heavy (non-hydrogen) atoms. The molecule has 1 aromatic carbocycles. The molecule has 0 aliphatic rings. The van der Waals surface area contributed by atoms with E-state index < -0.39 is 0 Å². The summed E-state index contributed by atoms with van der Waals surface area (Å²) < 4.78 is 5.04. The summed E-state index contributed by atoms with van der Waals surface area (Å²) >= 11 is 0. The van der Waals surface area contributed by atoms with Gasteiger partial charge in [0.25, 0.3) is 5.91 Å². The van der Waals surface area contributed by atoms with Gasteiger partial charge in [-0.05, 0) is 17.7 Å². The third kappa shape index (κ3) is 3.89. The quantitative estimate of drug-likeness (QED) is 0.809. The lowest BCUT2D eigenvalue weighted by Crippen LogP contribution is -2.26. The number of ether oxygens (including phenoxy) is 1. The Kier molecular flexibility index (Phi) is 4.63. The van der Waals surface area contributed by atoms with Crippen molar-refractivity contribution in [3.63, 3.8) is 0 Å². The molecule has 1 aromatic heterocycles. The van der Waals surface area contributed by atoms with E-state index in [9.17, 15) is 4.79 Å². The molecular weight excluding hydrogens is 244 g/mol. The first kappa shape index (κ1) is 13.2. The van der Waals surface area contributed by atoms with Crippen LogP contribution in [0.4, 0.5) is 0 Å². The molecule has 0 spiro atoms. The predicted molar refractivity (Wildman–Crippen MR) is 69.6 cm³/mol. The summed E-state index contributed by atoms with van der Waals surface area (Å²) in [6, 6.07) is 7.38. The number of H-pyrrole nitrogens is 1. The number of carbonyl (C=O) groups excluding carboxylic acids is 1. The van der Waals surface area contributed by atoms with Gasteiger partial charge in [-0.3, -0.25) is 9.89 Å². The molecular formula is C13H16N4O2. The standard InChI is InChI=1S/C13H16N4O2/c1-19-8-10-3-2-4-11(7-10)13(18)14-6-5-12-15-9-16-17-12/h2-4,7,9H,5-6,8H2,1H3,(H,14,18)(H,15,16,17). The molecule has 1 amide bonds. The third-order valence-corrected chi connectivity index (χ3v) is 2.61. The molecule has 1 heterocycles. The van der Waals surface area contributed by atoms with Crippen molar-refractivity contribution in [2.45, 2.75) is 13.0 Å². The van der Waals surface area contributed by atoms with E-state index in [0.29, 0.717) is 25.1 Å². The lowest BCUT2D eigenvalue weighted by Gasteiger charge is -2.06. The lowest BCUT2D eigenvalue weighted by atomic mass is 10.1. The topological polar surface area (TPSA) is 79.9 Å². The van der Waals surface area contributed by atoms with Crippen LogP contribution in [0, 0.1) is 0 Å². The lowest BCUT2D eigenvalue weighted by molar-refractivity contribution is 0.0953. The summed E-state index contributed by atoms with van der Waals surface area (Å²) in [6.07, 6.45) is 2.08. The van der Waals surface area contributed by atoms with Crippen molar-refractivity contribution in [2.75, 3.05) is 13.7 Å². The van der Waals surface area contributed by atoms with Crippen LogP contribution in [-0.4, -0.2) is 34.7 Å². The van der Waals surface area contributed by atoms with E-state index in [0.717, 1.165) is 11.4 Å². The minimum Gasteiger partial charge on any atom is -0.380 e. The van der Waals surface area contributed by atoms with Crippen molar-refractivity contribution >= 4 is 5.91 Å². The largest absolute Gasteiger partial charge is 0.380 e. The molecule has 0 fully saturated rings. The number of aromatic amines is 1. The van der Waals surface area contributed by atoms with Gasteiger partial charge in [0.2, 0.25) is 0 Å². The average molecular weight is 260 g/mol. The highest BCUT2D eigenvalue weighted by atomic mass is 16.5. The monoisotopic (exact) mass is 260 g/mol. The molecule has 0 aliphatic heterocycles. The number of hydrogen-bond donors (Lipinski definition) is 2. The molecule has 6 nitrogen and oxygen atoms in total. The molecule has 0 aliphatic carbocycles. The molecule has 2 rings (SSSR count). The van der Waals surface area contributed by atoms with Crippen LogP contribution in [-0.2, 0) is 17.8 Å². The number of benzene rings is 1. The molecule has 6 heteroatoms. The van der Waals surface area contributed by atoms with E-state index in [-0.39, 0.29) is 5.91 Å². The van der Waals surface area contributed by atoms with E-state index in [2.05, 4.69) is 20.5 Å². The second-order valence-corrected chi connectivity index (χ2v) is 4.07. The zero-order chi connectivity index (χ0) is 13.5. The summed E-state index contributed by atoms with van der Waals surface area (Å²) in [5, 5.41) is 9.33. The first-order valence-corrected chi connectivity index (χ1v) is 6.00. The number of carbonyl (C=O) groups is 1. The Morgan fingerprint density at radius 2 is 2.37 bits per heavy atom. The average Bonchev–Trinajstić information content (AvgIpc) is 2.92. The van der Waals surface area contributed by atoms with Crippen molar-refractivity contribution < 1.29 is 9.53 Å². The van der Waals surface area contributed by atoms with Crippen molar-refractivity contribution in [1.29, 1.82) is 0 Å². The molecule has 100 valence electrons. The Balaban J connectivity index is 1.87. The Hall–Kier alpha value is -2.21. The van der Waals surface area contributed by atoms with Crippen LogP contribution in [0.5, 0.6) is 0 Å². The van der Waals surface area contributed by atoms with Gasteiger partial charge >= 0.3 is 0 Å². The number of hydrogen-bond acceptors (Lipinski definition) is 4. The van der Waals surface area contributed by atoms with Gasteiger partial charge in [0, 0.05) is 25.6 Å². The van der Waals surface area contributed by atoms with Crippen LogP contribution in [0.25, 0.3) is 0 Å². The van der Waals surface area contributed by atoms with Crippen molar-refractivity contribution in [1.82, 2.24) is 20.5 Å². The van der Waals surface area contributed by atoms with Crippen LogP contribution < -0.4 is 5.32 Å². The fourth-order valence-electron chi connectivity index (χ4n) is 1.72. The SMILES string of the molecule is COCc1cccc(C(=O)NCCc2ncn[nH]2)c1. The Morgan fingerprint density at radius 3 is 3.11 bits per heavy atom. The van der Waals surface area contributed by atoms with Gasteiger partial charge < -0.3 is 10.1 Å². The second kappa shape index (κ2) is 6.65. The molecule has 0 radical (unpaired) electrons. The molecule has 0 saturated carbocycles. The molecule has 0 atom stereocenters. The number of rotatable bonds is 6. The van der Waals surface area contributed by atoms with Gasteiger partial charge in [0.05, 0.1) is 6.61 Å². The minimum atomic E-state index is -0.0996.